The average Bonchev–Trinajstić information content (AvgIpc) is 3.26. The predicted molar refractivity (Wildman–Crippen MR) is 103 cm³/mol. The molecule has 1 amide bonds. The Morgan fingerprint density at radius 1 is 1.23 bits per heavy atom. The molecule has 1 atom stereocenters. The van der Waals surface area contributed by atoms with Crippen LogP contribution in [0.1, 0.15) is 48.5 Å². The number of nitrogens with zero attached hydrogens (tertiary/aromatic N) is 2. The third kappa shape index (κ3) is 3.47. The van der Waals surface area contributed by atoms with Gasteiger partial charge in [0.25, 0.3) is 5.91 Å². The summed E-state index contributed by atoms with van der Waals surface area (Å²) in [6.45, 7) is 7.30. The largest absolute Gasteiger partial charge is 0.490 e. The molecule has 0 radical (unpaired) electrons. The quantitative estimate of drug-likeness (QED) is 0.898. The number of ether oxygens (including phenoxy) is 1. The van der Waals surface area contributed by atoms with Crippen molar-refractivity contribution in [1.29, 1.82) is 0 Å². The SMILES string of the molecule is CC1Cc2cc(C(=O)NCC3(N4CCN(C)CC4)CCCC3)ccc2O1. The number of piperazine rings is 1. The van der Waals surface area contributed by atoms with Crippen LogP contribution in [0.25, 0.3) is 0 Å². The van der Waals surface area contributed by atoms with E-state index >= 15 is 0 Å². The van der Waals surface area contributed by atoms with Gasteiger partial charge in [-0.15, -0.1) is 0 Å². The van der Waals surface area contributed by atoms with Crippen molar-refractivity contribution >= 4 is 5.91 Å². The molecule has 142 valence electrons. The fourth-order valence-corrected chi connectivity index (χ4v) is 4.83. The van der Waals surface area contributed by atoms with Gasteiger partial charge in [0.2, 0.25) is 0 Å². The van der Waals surface area contributed by atoms with Gasteiger partial charge in [-0.2, -0.15) is 0 Å². The van der Waals surface area contributed by atoms with E-state index in [4.69, 9.17) is 4.74 Å². The first kappa shape index (κ1) is 17.8. The van der Waals surface area contributed by atoms with Crippen molar-refractivity contribution < 1.29 is 9.53 Å². The van der Waals surface area contributed by atoms with E-state index in [1.54, 1.807) is 0 Å². The summed E-state index contributed by atoms with van der Waals surface area (Å²) in [5, 5.41) is 3.26. The zero-order chi connectivity index (χ0) is 18.1. The van der Waals surface area contributed by atoms with Crippen molar-refractivity contribution in [2.24, 2.45) is 0 Å². The molecule has 1 aliphatic carbocycles. The third-order valence-electron chi connectivity index (χ3n) is 6.44. The lowest BCUT2D eigenvalue weighted by molar-refractivity contribution is 0.0414. The summed E-state index contributed by atoms with van der Waals surface area (Å²) < 4.78 is 5.74. The normalized spacial score (nSPS) is 25.7. The number of carbonyl (C=O) groups excluding carboxylic acids is 1. The van der Waals surface area contributed by atoms with Gasteiger partial charge in [-0.05, 0) is 50.6 Å². The van der Waals surface area contributed by atoms with Crippen molar-refractivity contribution in [3.63, 3.8) is 0 Å². The lowest BCUT2D eigenvalue weighted by atomic mass is 9.93. The lowest BCUT2D eigenvalue weighted by Gasteiger charge is -2.45. The van der Waals surface area contributed by atoms with Crippen LogP contribution in [-0.2, 0) is 6.42 Å². The molecule has 0 aromatic heterocycles. The Morgan fingerprint density at radius 3 is 2.69 bits per heavy atom. The summed E-state index contributed by atoms with van der Waals surface area (Å²) in [7, 11) is 2.19. The molecule has 2 heterocycles. The minimum Gasteiger partial charge on any atom is -0.490 e. The molecule has 5 nitrogen and oxygen atoms in total. The van der Waals surface area contributed by atoms with Crippen LogP contribution >= 0.6 is 0 Å². The number of hydrogen-bond donors (Lipinski definition) is 1. The molecule has 1 unspecified atom stereocenters. The molecule has 1 aromatic rings. The fourth-order valence-electron chi connectivity index (χ4n) is 4.83. The summed E-state index contributed by atoms with van der Waals surface area (Å²) in [5.41, 5.74) is 2.07. The Hall–Kier alpha value is -1.59. The first-order valence-corrected chi connectivity index (χ1v) is 10.1. The summed E-state index contributed by atoms with van der Waals surface area (Å²) in [6, 6.07) is 5.84. The Bertz CT molecular complexity index is 661. The molecular formula is C21H31N3O2. The van der Waals surface area contributed by atoms with Gasteiger partial charge in [0.1, 0.15) is 11.9 Å². The number of hydrogen-bond acceptors (Lipinski definition) is 4. The van der Waals surface area contributed by atoms with Crippen LogP contribution < -0.4 is 10.1 Å². The average molecular weight is 357 g/mol. The van der Waals surface area contributed by atoms with Gasteiger partial charge in [-0.1, -0.05) is 12.8 Å². The number of fused-ring (bicyclic) bond motifs is 1. The second-order valence-electron chi connectivity index (χ2n) is 8.36. The Morgan fingerprint density at radius 2 is 1.96 bits per heavy atom. The lowest BCUT2D eigenvalue weighted by Crippen LogP contribution is -2.59. The molecule has 1 saturated carbocycles. The smallest absolute Gasteiger partial charge is 0.251 e. The summed E-state index contributed by atoms with van der Waals surface area (Å²) in [5.74, 6) is 0.978. The fraction of sp³-hybridized carbons (Fsp3) is 0.667. The molecule has 1 N–H and O–H groups in total. The molecule has 0 bridgehead atoms. The summed E-state index contributed by atoms with van der Waals surface area (Å²) in [6.07, 6.45) is 6.05. The maximum absolute atomic E-state index is 12.8. The van der Waals surface area contributed by atoms with Crippen LogP contribution in [-0.4, -0.2) is 67.1 Å². The van der Waals surface area contributed by atoms with E-state index < -0.39 is 0 Å². The van der Waals surface area contributed by atoms with Gasteiger partial charge < -0.3 is 15.0 Å². The van der Waals surface area contributed by atoms with Crippen LogP contribution in [0.3, 0.4) is 0 Å². The standard InChI is InChI=1S/C21H31N3O2/c1-16-13-18-14-17(5-6-19(18)26-16)20(25)22-15-21(7-3-4-8-21)24-11-9-23(2)10-12-24/h5-6,14,16H,3-4,7-13,15H2,1-2H3,(H,22,25). The molecule has 2 fully saturated rings. The highest BCUT2D eigenvalue weighted by atomic mass is 16.5. The predicted octanol–water partition coefficient (Wildman–Crippen LogP) is 2.30. The highest BCUT2D eigenvalue weighted by Crippen LogP contribution is 2.35. The van der Waals surface area contributed by atoms with Gasteiger partial charge in [-0.3, -0.25) is 9.69 Å². The van der Waals surface area contributed by atoms with Crippen molar-refractivity contribution in [3.8, 4) is 5.75 Å². The maximum atomic E-state index is 12.8. The summed E-state index contributed by atoms with van der Waals surface area (Å²) in [4.78, 5) is 17.8. The number of likely N-dealkylation sites (N-methyl/N-ethyl adjacent to an activating group) is 1. The van der Waals surface area contributed by atoms with E-state index in [0.717, 1.165) is 56.0 Å². The van der Waals surface area contributed by atoms with Crippen LogP contribution in [0.4, 0.5) is 0 Å². The molecule has 5 heteroatoms. The zero-order valence-corrected chi connectivity index (χ0v) is 16.1. The van der Waals surface area contributed by atoms with E-state index in [1.165, 1.54) is 25.7 Å². The Balaban J connectivity index is 1.42. The number of rotatable bonds is 4. The van der Waals surface area contributed by atoms with Gasteiger partial charge >= 0.3 is 0 Å². The van der Waals surface area contributed by atoms with Gasteiger partial charge in [0.05, 0.1) is 0 Å². The molecule has 1 aromatic carbocycles. The minimum atomic E-state index is 0.0488. The van der Waals surface area contributed by atoms with E-state index in [9.17, 15) is 4.79 Å². The first-order valence-electron chi connectivity index (χ1n) is 10.1. The number of nitrogens with one attached hydrogen (secondary N) is 1. The first-order chi connectivity index (χ1) is 12.6. The molecule has 1 saturated heterocycles. The van der Waals surface area contributed by atoms with Gasteiger partial charge in [-0.25, -0.2) is 0 Å². The van der Waals surface area contributed by atoms with Crippen LogP contribution in [0, 0.1) is 0 Å². The van der Waals surface area contributed by atoms with Crippen molar-refractivity contribution in [2.45, 2.75) is 50.7 Å². The van der Waals surface area contributed by atoms with E-state index in [0.29, 0.717) is 0 Å². The highest BCUT2D eigenvalue weighted by Gasteiger charge is 2.40. The Labute approximate surface area is 156 Å². The second kappa shape index (κ2) is 7.20. The van der Waals surface area contributed by atoms with Crippen LogP contribution in [0.15, 0.2) is 18.2 Å². The van der Waals surface area contributed by atoms with Crippen LogP contribution in [0.5, 0.6) is 5.75 Å². The third-order valence-corrected chi connectivity index (χ3v) is 6.44. The molecular weight excluding hydrogens is 326 g/mol. The number of benzene rings is 1. The monoisotopic (exact) mass is 357 g/mol. The topological polar surface area (TPSA) is 44.8 Å². The molecule has 4 rings (SSSR count). The maximum Gasteiger partial charge on any atom is 0.251 e. The van der Waals surface area contributed by atoms with Gasteiger partial charge in [0.15, 0.2) is 0 Å². The van der Waals surface area contributed by atoms with Crippen molar-refractivity contribution in [3.05, 3.63) is 29.3 Å². The molecule has 2 aliphatic heterocycles. The molecule has 26 heavy (non-hydrogen) atoms. The van der Waals surface area contributed by atoms with Crippen LogP contribution in [0.2, 0.25) is 0 Å². The van der Waals surface area contributed by atoms with Crippen molar-refractivity contribution in [1.82, 2.24) is 15.1 Å². The molecule has 3 aliphatic rings. The molecule has 0 spiro atoms. The van der Waals surface area contributed by atoms with Crippen molar-refractivity contribution in [2.75, 3.05) is 39.8 Å². The number of amides is 1. The van der Waals surface area contributed by atoms with E-state index in [-0.39, 0.29) is 17.6 Å². The highest BCUT2D eigenvalue weighted by molar-refractivity contribution is 5.94. The second-order valence-corrected chi connectivity index (χ2v) is 8.36. The minimum absolute atomic E-state index is 0.0488. The summed E-state index contributed by atoms with van der Waals surface area (Å²) >= 11 is 0. The van der Waals surface area contributed by atoms with E-state index in [1.807, 2.05) is 18.2 Å². The number of carbonyl (C=O) groups is 1. The van der Waals surface area contributed by atoms with E-state index in [2.05, 4.69) is 29.1 Å². The van der Waals surface area contributed by atoms with Gasteiger partial charge in [0, 0.05) is 50.2 Å². The zero-order valence-electron chi connectivity index (χ0n) is 16.1. The Kier molecular flexibility index (Phi) is 4.93.